The number of nitrogens with one attached hydrogen (secondary N) is 2. The summed E-state index contributed by atoms with van der Waals surface area (Å²) in [5, 5.41) is 6.49. The molecule has 1 aliphatic rings. The lowest BCUT2D eigenvalue weighted by molar-refractivity contribution is 0.123. The van der Waals surface area contributed by atoms with E-state index in [9.17, 15) is 4.39 Å². The Morgan fingerprint density at radius 2 is 2.12 bits per heavy atom. The summed E-state index contributed by atoms with van der Waals surface area (Å²) in [6, 6.07) is 6.47. The number of hydrogen-bond donors (Lipinski definition) is 2. The number of aliphatic imine (C=N–C) groups is 1. The molecule has 1 atom stereocenters. The Bertz CT molecular complexity index is 535. The van der Waals surface area contributed by atoms with Gasteiger partial charge in [0.25, 0.3) is 0 Å². The Balaban J connectivity index is 1.62. The van der Waals surface area contributed by atoms with Gasteiger partial charge in [0.15, 0.2) is 17.5 Å². The van der Waals surface area contributed by atoms with Gasteiger partial charge in [-0.25, -0.2) is 4.39 Å². The number of para-hydroxylation sites is 1. The van der Waals surface area contributed by atoms with E-state index in [4.69, 9.17) is 9.47 Å². The Hall–Kier alpha value is -1.82. The fourth-order valence-electron chi connectivity index (χ4n) is 2.34. The Kier molecular flexibility index (Phi) is 8.52. The summed E-state index contributed by atoms with van der Waals surface area (Å²) in [4.78, 5) is 4.20. The van der Waals surface area contributed by atoms with E-state index in [0.717, 1.165) is 44.5 Å². The van der Waals surface area contributed by atoms with Crippen molar-refractivity contribution in [3.63, 3.8) is 0 Å². The van der Waals surface area contributed by atoms with Crippen molar-refractivity contribution in [3.05, 3.63) is 30.1 Å². The molecule has 5 nitrogen and oxygen atoms in total. The first-order valence-electron chi connectivity index (χ1n) is 9.16. The standard InChI is InChI=1S/C19H30FN3O2/c1-3-16(25-18-8-5-4-7-17(18)20)13-23-19(21-2)22-11-6-12-24-14-15-9-10-15/h4-5,7-8,15-16H,3,6,9-14H2,1-2H3,(H2,21,22,23). The first-order valence-corrected chi connectivity index (χ1v) is 9.16. The van der Waals surface area contributed by atoms with Crippen LogP contribution in [0.3, 0.4) is 0 Å². The van der Waals surface area contributed by atoms with Gasteiger partial charge in [0, 0.05) is 26.8 Å². The molecule has 1 unspecified atom stereocenters. The van der Waals surface area contributed by atoms with E-state index < -0.39 is 0 Å². The smallest absolute Gasteiger partial charge is 0.191 e. The van der Waals surface area contributed by atoms with Crippen LogP contribution in [0, 0.1) is 11.7 Å². The van der Waals surface area contributed by atoms with Gasteiger partial charge >= 0.3 is 0 Å². The van der Waals surface area contributed by atoms with Gasteiger partial charge in [0.05, 0.1) is 6.54 Å². The number of hydrogen-bond acceptors (Lipinski definition) is 3. The zero-order valence-corrected chi connectivity index (χ0v) is 15.3. The predicted molar refractivity (Wildman–Crippen MR) is 98.6 cm³/mol. The Morgan fingerprint density at radius 1 is 1.32 bits per heavy atom. The highest BCUT2D eigenvalue weighted by atomic mass is 19.1. The first-order chi connectivity index (χ1) is 12.2. The molecule has 1 fully saturated rings. The monoisotopic (exact) mass is 351 g/mol. The van der Waals surface area contributed by atoms with Crippen molar-refractivity contribution < 1.29 is 13.9 Å². The van der Waals surface area contributed by atoms with Gasteiger partial charge in [-0.1, -0.05) is 19.1 Å². The van der Waals surface area contributed by atoms with E-state index in [-0.39, 0.29) is 17.7 Å². The Morgan fingerprint density at radius 3 is 2.80 bits per heavy atom. The molecule has 2 N–H and O–H groups in total. The number of halogens is 1. The zero-order valence-electron chi connectivity index (χ0n) is 15.3. The topological polar surface area (TPSA) is 54.9 Å². The van der Waals surface area contributed by atoms with Gasteiger partial charge in [-0.3, -0.25) is 4.99 Å². The molecule has 0 radical (unpaired) electrons. The molecule has 0 bridgehead atoms. The molecule has 0 saturated heterocycles. The molecule has 2 rings (SSSR count). The lowest BCUT2D eigenvalue weighted by Gasteiger charge is -2.20. The summed E-state index contributed by atoms with van der Waals surface area (Å²) in [5.74, 6) is 1.47. The van der Waals surface area contributed by atoms with Crippen LogP contribution in [0.2, 0.25) is 0 Å². The van der Waals surface area contributed by atoms with Crippen LogP contribution in [0.25, 0.3) is 0 Å². The van der Waals surface area contributed by atoms with Crippen LogP contribution in [0.5, 0.6) is 5.75 Å². The summed E-state index contributed by atoms with van der Waals surface area (Å²) in [7, 11) is 1.73. The van der Waals surface area contributed by atoms with Crippen LogP contribution >= 0.6 is 0 Å². The first kappa shape index (κ1) is 19.5. The lowest BCUT2D eigenvalue weighted by Crippen LogP contribution is -2.43. The van der Waals surface area contributed by atoms with Crippen molar-refractivity contribution in [1.82, 2.24) is 10.6 Å². The molecule has 0 heterocycles. The molecule has 0 aromatic heterocycles. The third-order valence-corrected chi connectivity index (χ3v) is 4.11. The van der Waals surface area contributed by atoms with Crippen LogP contribution < -0.4 is 15.4 Å². The second kappa shape index (κ2) is 10.9. The van der Waals surface area contributed by atoms with Crippen molar-refractivity contribution in [1.29, 1.82) is 0 Å². The van der Waals surface area contributed by atoms with Gasteiger partial charge in [-0.05, 0) is 43.7 Å². The minimum Gasteiger partial charge on any atom is -0.486 e. The van der Waals surface area contributed by atoms with E-state index in [1.165, 1.54) is 18.9 Å². The number of rotatable bonds is 11. The second-order valence-electron chi connectivity index (χ2n) is 6.33. The quantitative estimate of drug-likeness (QED) is 0.366. The van der Waals surface area contributed by atoms with Crippen molar-refractivity contribution in [2.24, 2.45) is 10.9 Å². The van der Waals surface area contributed by atoms with Crippen molar-refractivity contribution >= 4 is 5.96 Å². The summed E-state index contributed by atoms with van der Waals surface area (Å²) >= 11 is 0. The fraction of sp³-hybridized carbons (Fsp3) is 0.632. The molecule has 6 heteroatoms. The average Bonchev–Trinajstić information content (AvgIpc) is 3.45. The molecule has 25 heavy (non-hydrogen) atoms. The minimum absolute atomic E-state index is 0.127. The maximum atomic E-state index is 13.7. The maximum absolute atomic E-state index is 13.7. The van der Waals surface area contributed by atoms with Crippen LogP contribution in [0.1, 0.15) is 32.6 Å². The Labute approximate surface area is 150 Å². The highest BCUT2D eigenvalue weighted by Gasteiger charge is 2.20. The predicted octanol–water partition coefficient (Wildman–Crippen LogP) is 2.96. The summed E-state index contributed by atoms with van der Waals surface area (Å²) in [5.41, 5.74) is 0. The molecular formula is C19H30FN3O2. The van der Waals surface area contributed by atoms with Crippen molar-refractivity contribution in [3.8, 4) is 5.75 Å². The molecule has 1 aliphatic carbocycles. The van der Waals surface area contributed by atoms with Crippen LogP contribution in [-0.2, 0) is 4.74 Å². The highest BCUT2D eigenvalue weighted by molar-refractivity contribution is 5.79. The van der Waals surface area contributed by atoms with Gasteiger partial charge in [-0.2, -0.15) is 0 Å². The molecule has 1 aromatic rings. The second-order valence-corrected chi connectivity index (χ2v) is 6.33. The lowest BCUT2D eigenvalue weighted by atomic mass is 10.2. The average molecular weight is 351 g/mol. The maximum Gasteiger partial charge on any atom is 0.191 e. The van der Waals surface area contributed by atoms with Crippen molar-refractivity contribution in [2.75, 3.05) is 33.4 Å². The number of benzene rings is 1. The molecule has 1 saturated carbocycles. The van der Waals surface area contributed by atoms with Crippen LogP contribution in [0.15, 0.2) is 29.3 Å². The highest BCUT2D eigenvalue weighted by Crippen LogP contribution is 2.28. The molecular weight excluding hydrogens is 321 g/mol. The third kappa shape index (κ3) is 7.73. The van der Waals surface area contributed by atoms with Gasteiger partial charge in [-0.15, -0.1) is 0 Å². The summed E-state index contributed by atoms with van der Waals surface area (Å²) in [6.45, 7) is 5.05. The number of nitrogens with zero attached hydrogens (tertiary/aromatic N) is 1. The fourth-order valence-corrected chi connectivity index (χ4v) is 2.34. The molecule has 0 amide bonds. The van der Waals surface area contributed by atoms with E-state index in [1.54, 1.807) is 25.2 Å². The van der Waals surface area contributed by atoms with E-state index in [2.05, 4.69) is 15.6 Å². The van der Waals surface area contributed by atoms with Gasteiger partial charge in [0.1, 0.15) is 6.10 Å². The van der Waals surface area contributed by atoms with Crippen LogP contribution in [0.4, 0.5) is 4.39 Å². The minimum atomic E-state index is -0.338. The largest absolute Gasteiger partial charge is 0.486 e. The molecule has 0 aliphatic heterocycles. The normalized spacial score (nSPS) is 15.7. The van der Waals surface area contributed by atoms with E-state index in [1.807, 2.05) is 6.92 Å². The zero-order chi connectivity index (χ0) is 17.9. The van der Waals surface area contributed by atoms with Crippen molar-refractivity contribution in [2.45, 2.75) is 38.7 Å². The van der Waals surface area contributed by atoms with E-state index in [0.29, 0.717) is 6.54 Å². The molecule has 1 aromatic carbocycles. The SMILES string of the molecule is CCC(CNC(=NC)NCCCOCC1CC1)Oc1ccccc1F. The summed E-state index contributed by atoms with van der Waals surface area (Å²) in [6.07, 6.45) is 4.23. The molecule has 0 spiro atoms. The number of guanidine groups is 1. The molecule has 140 valence electrons. The summed E-state index contributed by atoms with van der Waals surface area (Å²) < 4.78 is 25.0. The number of ether oxygens (including phenoxy) is 2. The van der Waals surface area contributed by atoms with E-state index >= 15 is 0 Å². The van der Waals surface area contributed by atoms with Gasteiger partial charge < -0.3 is 20.1 Å². The van der Waals surface area contributed by atoms with Crippen LogP contribution in [-0.4, -0.2) is 45.4 Å². The third-order valence-electron chi connectivity index (χ3n) is 4.11. The van der Waals surface area contributed by atoms with Gasteiger partial charge in [0.2, 0.25) is 0 Å².